The van der Waals surface area contributed by atoms with E-state index in [1.165, 1.54) is 12.8 Å². The smallest absolute Gasteiger partial charge is 0.233 e. The van der Waals surface area contributed by atoms with Gasteiger partial charge >= 0.3 is 0 Å². The van der Waals surface area contributed by atoms with E-state index in [9.17, 15) is 4.79 Å². The number of hydrogen-bond donors (Lipinski definition) is 2. The van der Waals surface area contributed by atoms with Crippen molar-refractivity contribution in [2.45, 2.75) is 31.7 Å². The second-order valence-electron chi connectivity index (χ2n) is 3.81. The molecule has 0 bridgehead atoms. The van der Waals surface area contributed by atoms with Crippen LogP contribution in [-0.2, 0) is 4.79 Å². The van der Waals surface area contributed by atoms with E-state index in [2.05, 4.69) is 10.2 Å². The lowest BCUT2D eigenvalue weighted by atomic mass is 10.2. The zero-order chi connectivity index (χ0) is 10.4. The van der Waals surface area contributed by atoms with E-state index in [-0.39, 0.29) is 12.5 Å². The summed E-state index contributed by atoms with van der Waals surface area (Å²) in [7, 11) is 1.65. The number of rotatable bonds is 5. The summed E-state index contributed by atoms with van der Waals surface area (Å²) in [6, 6.07) is 0.499. The molecule has 1 aliphatic carbocycles. The number of carbonyl (C=O) groups is 1. The highest BCUT2D eigenvalue weighted by atomic mass is 16.3. The van der Waals surface area contributed by atoms with Gasteiger partial charge in [0.25, 0.3) is 0 Å². The van der Waals surface area contributed by atoms with Gasteiger partial charge < -0.3 is 10.4 Å². The third-order valence-electron chi connectivity index (χ3n) is 2.85. The van der Waals surface area contributed by atoms with E-state index >= 15 is 0 Å². The minimum absolute atomic E-state index is 0.0327. The highest BCUT2D eigenvalue weighted by molar-refractivity contribution is 5.77. The maximum atomic E-state index is 11.2. The Bertz CT molecular complexity index is 179. The monoisotopic (exact) mass is 200 g/mol. The van der Waals surface area contributed by atoms with Gasteiger partial charge in [0.05, 0.1) is 13.2 Å². The third kappa shape index (κ3) is 3.27. The van der Waals surface area contributed by atoms with Crippen LogP contribution in [0.4, 0.5) is 0 Å². The number of nitrogens with one attached hydrogen (secondary N) is 1. The average Bonchev–Trinajstić information content (AvgIpc) is 2.69. The van der Waals surface area contributed by atoms with Gasteiger partial charge in [0.15, 0.2) is 0 Å². The summed E-state index contributed by atoms with van der Waals surface area (Å²) in [4.78, 5) is 13.3. The Morgan fingerprint density at radius 1 is 1.50 bits per heavy atom. The summed E-state index contributed by atoms with van der Waals surface area (Å²) >= 11 is 0. The molecule has 0 atom stereocenters. The number of likely N-dealkylation sites (N-methyl/N-ethyl adjacent to an activating group) is 1. The first-order valence-electron chi connectivity index (χ1n) is 5.33. The molecule has 1 rings (SSSR count). The van der Waals surface area contributed by atoms with Crippen LogP contribution >= 0.6 is 0 Å². The van der Waals surface area contributed by atoms with Crippen LogP contribution in [0, 0.1) is 0 Å². The van der Waals surface area contributed by atoms with Crippen molar-refractivity contribution in [1.82, 2.24) is 10.2 Å². The van der Waals surface area contributed by atoms with E-state index in [1.807, 2.05) is 0 Å². The fourth-order valence-electron chi connectivity index (χ4n) is 2.05. The van der Waals surface area contributed by atoms with Gasteiger partial charge in [-0.15, -0.1) is 0 Å². The molecule has 4 heteroatoms. The van der Waals surface area contributed by atoms with Crippen LogP contribution in [0.5, 0.6) is 0 Å². The second-order valence-corrected chi connectivity index (χ2v) is 3.81. The molecule has 1 fully saturated rings. The van der Waals surface area contributed by atoms with Crippen LogP contribution in [0.25, 0.3) is 0 Å². The topological polar surface area (TPSA) is 52.6 Å². The van der Waals surface area contributed by atoms with Crippen molar-refractivity contribution in [2.75, 3.05) is 26.7 Å². The summed E-state index contributed by atoms with van der Waals surface area (Å²) in [5.74, 6) is 0.0327. The highest BCUT2D eigenvalue weighted by Crippen LogP contribution is 2.22. The fraction of sp³-hybridized carbons (Fsp3) is 0.900. The molecule has 0 saturated heterocycles. The van der Waals surface area contributed by atoms with Crippen molar-refractivity contribution in [3.8, 4) is 0 Å². The lowest BCUT2D eigenvalue weighted by Crippen LogP contribution is -2.42. The molecule has 0 heterocycles. The van der Waals surface area contributed by atoms with Gasteiger partial charge in [-0.05, 0) is 12.8 Å². The predicted molar refractivity (Wildman–Crippen MR) is 55.0 cm³/mol. The number of aliphatic hydroxyl groups excluding tert-OH is 1. The Morgan fingerprint density at radius 3 is 2.64 bits per heavy atom. The Balaban J connectivity index is 2.40. The summed E-state index contributed by atoms with van der Waals surface area (Å²) < 4.78 is 0. The van der Waals surface area contributed by atoms with E-state index in [1.54, 1.807) is 7.05 Å². The number of carbonyl (C=O) groups excluding carboxylic acids is 1. The van der Waals surface area contributed by atoms with Gasteiger partial charge in [-0.1, -0.05) is 12.8 Å². The average molecular weight is 200 g/mol. The standard InChI is InChI=1S/C10H20N2O2/c1-11-10(14)8-12(6-7-13)9-4-2-3-5-9/h9,13H,2-8H2,1H3,(H,11,14). The highest BCUT2D eigenvalue weighted by Gasteiger charge is 2.23. The van der Waals surface area contributed by atoms with E-state index in [4.69, 9.17) is 5.11 Å². The van der Waals surface area contributed by atoms with Gasteiger partial charge in [0.1, 0.15) is 0 Å². The van der Waals surface area contributed by atoms with E-state index in [0.717, 1.165) is 12.8 Å². The predicted octanol–water partition coefficient (Wildman–Crippen LogP) is -0.0307. The van der Waals surface area contributed by atoms with Crippen LogP contribution in [0.1, 0.15) is 25.7 Å². The summed E-state index contributed by atoms with van der Waals surface area (Å²) in [6.07, 6.45) is 4.83. The van der Waals surface area contributed by atoms with Crippen LogP contribution in [-0.4, -0.2) is 48.7 Å². The van der Waals surface area contributed by atoms with Gasteiger partial charge in [0, 0.05) is 19.6 Å². The zero-order valence-corrected chi connectivity index (χ0v) is 8.83. The summed E-state index contributed by atoms with van der Waals surface area (Å²) in [5, 5.41) is 11.5. The molecule has 2 N–H and O–H groups in total. The van der Waals surface area contributed by atoms with Gasteiger partial charge in [-0.3, -0.25) is 9.69 Å². The fourth-order valence-corrected chi connectivity index (χ4v) is 2.05. The molecule has 0 spiro atoms. The molecule has 4 nitrogen and oxygen atoms in total. The molecule has 0 aromatic carbocycles. The van der Waals surface area contributed by atoms with Gasteiger partial charge in [0.2, 0.25) is 5.91 Å². The van der Waals surface area contributed by atoms with Crippen LogP contribution in [0.2, 0.25) is 0 Å². The van der Waals surface area contributed by atoms with Crippen LogP contribution < -0.4 is 5.32 Å². The van der Waals surface area contributed by atoms with Crippen molar-refractivity contribution in [3.05, 3.63) is 0 Å². The minimum Gasteiger partial charge on any atom is -0.395 e. The summed E-state index contributed by atoms with van der Waals surface area (Å²) in [6.45, 7) is 1.16. The SMILES string of the molecule is CNC(=O)CN(CCO)C1CCCC1. The maximum absolute atomic E-state index is 11.2. The lowest BCUT2D eigenvalue weighted by Gasteiger charge is -2.26. The largest absolute Gasteiger partial charge is 0.395 e. The van der Waals surface area contributed by atoms with Crippen molar-refractivity contribution in [2.24, 2.45) is 0 Å². The first kappa shape index (κ1) is 11.5. The zero-order valence-electron chi connectivity index (χ0n) is 8.83. The Morgan fingerprint density at radius 2 is 2.14 bits per heavy atom. The van der Waals surface area contributed by atoms with Crippen molar-refractivity contribution >= 4 is 5.91 Å². The molecular weight excluding hydrogens is 180 g/mol. The molecule has 0 radical (unpaired) electrons. The molecule has 0 aliphatic heterocycles. The maximum Gasteiger partial charge on any atom is 0.233 e. The van der Waals surface area contributed by atoms with Crippen molar-refractivity contribution in [3.63, 3.8) is 0 Å². The van der Waals surface area contributed by atoms with Gasteiger partial charge in [-0.25, -0.2) is 0 Å². The van der Waals surface area contributed by atoms with E-state index in [0.29, 0.717) is 19.1 Å². The first-order chi connectivity index (χ1) is 6.77. The van der Waals surface area contributed by atoms with Crippen LogP contribution in [0.15, 0.2) is 0 Å². The summed E-state index contributed by atoms with van der Waals surface area (Å²) in [5.41, 5.74) is 0. The normalized spacial score (nSPS) is 17.6. The molecule has 0 aromatic rings. The van der Waals surface area contributed by atoms with E-state index < -0.39 is 0 Å². The second kappa shape index (κ2) is 5.98. The van der Waals surface area contributed by atoms with Crippen molar-refractivity contribution in [1.29, 1.82) is 0 Å². The minimum atomic E-state index is 0.0327. The molecular formula is C10H20N2O2. The lowest BCUT2D eigenvalue weighted by molar-refractivity contribution is -0.122. The quantitative estimate of drug-likeness (QED) is 0.655. The van der Waals surface area contributed by atoms with Gasteiger partial charge in [-0.2, -0.15) is 0 Å². The first-order valence-corrected chi connectivity index (χ1v) is 5.33. The molecule has 14 heavy (non-hydrogen) atoms. The molecule has 82 valence electrons. The number of nitrogens with zero attached hydrogens (tertiary/aromatic N) is 1. The molecule has 0 unspecified atom stereocenters. The molecule has 0 aromatic heterocycles. The number of aliphatic hydroxyl groups is 1. The third-order valence-corrected chi connectivity index (χ3v) is 2.85. The Kier molecular flexibility index (Phi) is 4.90. The molecule has 1 saturated carbocycles. The molecule has 1 amide bonds. The Hall–Kier alpha value is -0.610. The number of amides is 1. The Labute approximate surface area is 85.3 Å². The number of hydrogen-bond acceptors (Lipinski definition) is 3. The van der Waals surface area contributed by atoms with Crippen LogP contribution in [0.3, 0.4) is 0 Å². The van der Waals surface area contributed by atoms with Crippen molar-refractivity contribution < 1.29 is 9.90 Å². The molecule has 1 aliphatic rings.